The molecule has 2 aromatic carbocycles. The number of carbonyl (C=O) groups is 1. The normalized spacial score (nSPS) is 10.2. The molecule has 0 bridgehead atoms. The molecule has 3 rings (SSSR count). The van der Waals surface area contributed by atoms with E-state index in [1.807, 2.05) is 30.3 Å². The zero-order valence-corrected chi connectivity index (χ0v) is 13.9. The minimum absolute atomic E-state index is 0.0977. The summed E-state index contributed by atoms with van der Waals surface area (Å²) in [4.78, 5) is 16.4. The first-order chi connectivity index (χ1) is 12.3. The molecule has 1 N–H and O–H groups in total. The van der Waals surface area contributed by atoms with Gasteiger partial charge in [0.2, 0.25) is 5.88 Å². The molecule has 4 heteroatoms. The van der Waals surface area contributed by atoms with E-state index in [-0.39, 0.29) is 5.91 Å². The molecule has 1 amide bonds. The smallest absolute Gasteiger partial charge is 0.251 e. The summed E-state index contributed by atoms with van der Waals surface area (Å²) < 4.78 is 5.66. The van der Waals surface area contributed by atoms with Gasteiger partial charge in [-0.1, -0.05) is 42.5 Å². The van der Waals surface area contributed by atoms with Crippen molar-refractivity contribution >= 4 is 5.91 Å². The fraction of sp³-hybridized carbons (Fsp3) is 0.143. The van der Waals surface area contributed by atoms with Crippen molar-refractivity contribution in [3.63, 3.8) is 0 Å². The predicted molar refractivity (Wildman–Crippen MR) is 97.8 cm³/mol. The van der Waals surface area contributed by atoms with Crippen LogP contribution in [0, 0.1) is 0 Å². The summed E-state index contributed by atoms with van der Waals surface area (Å²) in [6.07, 6.45) is 3.52. The molecule has 0 unspecified atom stereocenters. The Morgan fingerprint density at radius 2 is 1.80 bits per heavy atom. The van der Waals surface area contributed by atoms with Crippen molar-refractivity contribution in [2.45, 2.75) is 12.8 Å². The lowest BCUT2D eigenvalue weighted by molar-refractivity contribution is 0.0953. The first-order valence-electron chi connectivity index (χ1n) is 8.32. The van der Waals surface area contributed by atoms with Gasteiger partial charge < -0.3 is 10.1 Å². The van der Waals surface area contributed by atoms with E-state index in [0.717, 1.165) is 12.8 Å². The molecule has 3 aromatic rings. The van der Waals surface area contributed by atoms with Crippen molar-refractivity contribution in [1.29, 1.82) is 0 Å². The number of aryl methyl sites for hydroxylation is 1. The minimum Gasteiger partial charge on any atom is -0.439 e. The van der Waals surface area contributed by atoms with Gasteiger partial charge in [0.1, 0.15) is 5.75 Å². The Morgan fingerprint density at radius 1 is 0.960 bits per heavy atom. The Kier molecular flexibility index (Phi) is 5.77. The monoisotopic (exact) mass is 332 g/mol. The third-order valence-corrected chi connectivity index (χ3v) is 3.73. The third-order valence-electron chi connectivity index (χ3n) is 3.73. The van der Waals surface area contributed by atoms with Crippen molar-refractivity contribution in [3.05, 3.63) is 90.1 Å². The van der Waals surface area contributed by atoms with Crippen LogP contribution in [0.4, 0.5) is 0 Å². The first-order valence-corrected chi connectivity index (χ1v) is 8.32. The number of rotatable bonds is 7. The maximum absolute atomic E-state index is 12.3. The van der Waals surface area contributed by atoms with Crippen molar-refractivity contribution in [2.24, 2.45) is 0 Å². The molecule has 1 aromatic heterocycles. The van der Waals surface area contributed by atoms with E-state index in [1.54, 1.807) is 36.5 Å². The molecule has 0 radical (unpaired) electrons. The van der Waals surface area contributed by atoms with Gasteiger partial charge in [0.15, 0.2) is 0 Å². The van der Waals surface area contributed by atoms with Crippen LogP contribution in [0.2, 0.25) is 0 Å². The van der Waals surface area contributed by atoms with Gasteiger partial charge in [0, 0.05) is 24.4 Å². The zero-order valence-electron chi connectivity index (χ0n) is 13.9. The van der Waals surface area contributed by atoms with Crippen LogP contribution in [0.1, 0.15) is 22.3 Å². The summed E-state index contributed by atoms with van der Waals surface area (Å²) >= 11 is 0. The number of carbonyl (C=O) groups excluding carboxylic acids is 1. The number of nitrogens with zero attached hydrogens (tertiary/aromatic N) is 1. The van der Waals surface area contributed by atoms with Gasteiger partial charge in [-0.3, -0.25) is 4.79 Å². The second-order valence-corrected chi connectivity index (χ2v) is 5.64. The molecule has 0 saturated heterocycles. The van der Waals surface area contributed by atoms with Crippen LogP contribution in [0.5, 0.6) is 11.6 Å². The first kappa shape index (κ1) is 16.7. The Hall–Kier alpha value is -3.14. The Bertz CT molecular complexity index is 804. The lowest BCUT2D eigenvalue weighted by Crippen LogP contribution is -2.24. The molecular weight excluding hydrogens is 312 g/mol. The molecular formula is C21H20N2O2. The Labute approximate surface area is 147 Å². The van der Waals surface area contributed by atoms with Crippen LogP contribution in [0.15, 0.2) is 79.0 Å². The van der Waals surface area contributed by atoms with Gasteiger partial charge in [0.05, 0.1) is 0 Å². The van der Waals surface area contributed by atoms with E-state index in [1.165, 1.54) is 5.56 Å². The van der Waals surface area contributed by atoms with Gasteiger partial charge >= 0.3 is 0 Å². The molecule has 0 aliphatic carbocycles. The number of ether oxygens (including phenoxy) is 1. The van der Waals surface area contributed by atoms with Crippen LogP contribution in [0.3, 0.4) is 0 Å². The number of amides is 1. The molecule has 0 aliphatic heterocycles. The van der Waals surface area contributed by atoms with E-state index >= 15 is 0 Å². The summed E-state index contributed by atoms with van der Waals surface area (Å²) in [5.41, 5.74) is 1.86. The largest absolute Gasteiger partial charge is 0.439 e. The Morgan fingerprint density at radius 3 is 2.60 bits per heavy atom. The average Bonchev–Trinajstić information content (AvgIpc) is 2.67. The molecule has 126 valence electrons. The highest BCUT2D eigenvalue weighted by atomic mass is 16.5. The number of aromatic nitrogens is 1. The van der Waals surface area contributed by atoms with Crippen molar-refractivity contribution < 1.29 is 9.53 Å². The zero-order chi connectivity index (χ0) is 17.3. The summed E-state index contributed by atoms with van der Waals surface area (Å²) in [5.74, 6) is 0.998. The van der Waals surface area contributed by atoms with Crippen LogP contribution in [-0.4, -0.2) is 17.4 Å². The van der Waals surface area contributed by atoms with Crippen molar-refractivity contribution in [1.82, 2.24) is 10.3 Å². The molecule has 0 saturated carbocycles. The predicted octanol–water partition coefficient (Wildman–Crippen LogP) is 4.24. The Balaban J connectivity index is 1.51. The molecule has 1 heterocycles. The minimum atomic E-state index is -0.0977. The second kappa shape index (κ2) is 8.64. The summed E-state index contributed by atoms with van der Waals surface area (Å²) in [6.45, 7) is 0.638. The SMILES string of the molecule is O=C(NCCCc1ccccc1)c1cccc(Oc2ccccn2)c1. The molecule has 0 aliphatic rings. The summed E-state index contributed by atoms with van der Waals surface area (Å²) in [7, 11) is 0. The van der Waals surface area contributed by atoms with E-state index < -0.39 is 0 Å². The topological polar surface area (TPSA) is 51.2 Å². The number of hydrogen-bond donors (Lipinski definition) is 1. The van der Waals surface area contributed by atoms with E-state index in [2.05, 4.69) is 22.4 Å². The van der Waals surface area contributed by atoms with Crippen LogP contribution < -0.4 is 10.1 Å². The highest BCUT2D eigenvalue weighted by molar-refractivity contribution is 5.94. The summed E-state index contributed by atoms with van der Waals surface area (Å²) in [6, 6.07) is 22.8. The van der Waals surface area contributed by atoms with Crippen LogP contribution in [-0.2, 0) is 6.42 Å². The maximum Gasteiger partial charge on any atom is 0.251 e. The fourth-order valence-corrected chi connectivity index (χ4v) is 2.47. The number of benzene rings is 2. The van der Waals surface area contributed by atoms with Gasteiger partial charge in [-0.05, 0) is 42.7 Å². The molecule has 4 nitrogen and oxygen atoms in total. The lowest BCUT2D eigenvalue weighted by atomic mass is 10.1. The van der Waals surface area contributed by atoms with E-state index in [9.17, 15) is 4.79 Å². The van der Waals surface area contributed by atoms with Crippen LogP contribution >= 0.6 is 0 Å². The quantitative estimate of drug-likeness (QED) is 0.659. The maximum atomic E-state index is 12.3. The standard InChI is InChI=1S/C21H20N2O2/c24-21(23-15-7-10-17-8-2-1-3-9-17)18-11-6-12-19(16-18)25-20-13-4-5-14-22-20/h1-6,8-9,11-14,16H,7,10,15H2,(H,23,24). The number of nitrogens with one attached hydrogen (secondary N) is 1. The molecule has 25 heavy (non-hydrogen) atoms. The average molecular weight is 332 g/mol. The molecule has 0 spiro atoms. The summed E-state index contributed by atoms with van der Waals surface area (Å²) in [5, 5.41) is 2.95. The van der Waals surface area contributed by atoms with E-state index in [0.29, 0.717) is 23.7 Å². The van der Waals surface area contributed by atoms with Gasteiger partial charge in [-0.25, -0.2) is 4.98 Å². The molecule has 0 fully saturated rings. The number of pyridine rings is 1. The number of hydrogen-bond acceptors (Lipinski definition) is 3. The van der Waals surface area contributed by atoms with Gasteiger partial charge in [0.25, 0.3) is 5.91 Å². The highest BCUT2D eigenvalue weighted by Gasteiger charge is 2.07. The van der Waals surface area contributed by atoms with Crippen molar-refractivity contribution in [3.8, 4) is 11.6 Å². The van der Waals surface area contributed by atoms with Gasteiger partial charge in [-0.2, -0.15) is 0 Å². The van der Waals surface area contributed by atoms with Gasteiger partial charge in [-0.15, -0.1) is 0 Å². The fourth-order valence-electron chi connectivity index (χ4n) is 2.47. The molecule has 0 atom stereocenters. The van der Waals surface area contributed by atoms with Crippen molar-refractivity contribution in [2.75, 3.05) is 6.54 Å². The van der Waals surface area contributed by atoms with E-state index in [4.69, 9.17) is 4.74 Å². The lowest BCUT2D eigenvalue weighted by Gasteiger charge is -2.08. The third kappa shape index (κ3) is 5.18. The highest BCUT2D eigenvalue weighted by Crippen LogP contribution is 2.19. The second-order valence-electron chi connectivity index (χ2n) is 5.64. The van der Waals surface area contributed by atoms with Crippen LogP contribution in [0.25, 0.3) is 0 Å².